The summed E-state index contributed by atoms with van der Waals surface area (Å²) < 4.78 is 0. The predicted octanol–water partition coefficient (Wildman–Crippen LogP) is 3.16. The Morgan fingerprint density at radius 2 is 2.07 bits per heavy atom. The van der Waals surface area contributed by atoms with E-state index in [4.69, 9.17) is 11.6 Å². The molecule has 1 saturated heterocycles. The zero-order chi connectivity index (χ0) is 18.8. The third-order valence-electron chi connectivity index (χ3n) is 5.11. The number of pyridine rings is 1. The van der Waals surface area contributed by atoms with E-state index < -0.39 is 12.0 Å². The second-order valence-electron chi connectivity index (χ2n) is 6.85. The van der Waals surface area contributed by atoms with Crippen molar-refractivity contribution >= 4 is 28.5 Å². The minimum absolute atomic E-state index is 0.605. The molecule has 2 aromatic heterocycles. The number of rotatable bonds is 5. The number of hydrogen-bond donors (Lipinski definition) is 2. The number of hydrogen-bond acceptors (Lipinski definition) is 4. The summed E-state index contributed by atoms with van der Waals surface area (Å²) in [6.07, 6.45) is 5.44. The van der Waals surface area contributed by atoms with Crippen LogP contribution in [0.5, 0.6) is 0 Å². The molecule has 0 saturated carbocycles. The lowest BCUT2D eigenvalue weighted by Crippen LogP contribution is -2.48. The van der Waals surface area contributed by atoms with Gasteiger partial charge in [0.05, 0.1) is 0 Å². The molecular formula is C20H21ClN4O2. The van der Waals surface area contributed by atoms with E-state index in [9.17, 15) is 9.90 Å². The molecule has 0 spiro atoms. The number of benzene rings is 1. The molecule has 3 heterocycles. The highest BCUT2D eigenvalue weighted by atomic mass is 35.5. The number of carbonyl (C=O) groups is 1. The van der Waals surface area contributed by atoms with Crippen LogP contribution in [0.15, 0.2) is 48.9 Å². The van der Waals surface area contributed by atoms with E-state index in [2.05, 4.69) is 20.9 Å². The van der Waals surface area contributed by atoms with Crippen LogP contribution in [0.1, 0.15) is 17.2 Å². The van der Waals surface area contributed by atoms with Crippen molar-refractivity contribution in [1.29, 1.82) is 0 Å². The van der Waals surface area contributed by atoms with Gasteiger partial charge in [-0.25, -0.2) is 0 Å². The Kier molecular flexibility index (Phi) is 5.11. The van der Waals surface area contributed by atoms with Crippen molar-refractivity contribution in [3.8, 4) is 0 Å². The van der Waals surface area contributed by atoms with Gasteiger partial charge in [-0.3, -0.25) is 19.6 Å². The molecule has 140 valence electrons. The number of aromatic amines is 1. The maximum atomic E-state index is 12.1. The Balaban J connectivity index is 1.50. The molecule has 1 aliphatic rings. The van der Waals surface area contributed by atoms with Gasteiger partial charge in [0.2, 0.25) is 0 Å². The molecule has 6 nitrogen and oxygen atoms in total. The number of halogens is 1. The average molecular weight is 385 g/mol. The van der Waals surface area contributed by atoms with Gasteiger partial charge in [0.15, 0.2) is 0 Å². The fourth-order valence-corrected chi connectivity index (χ4v) is 3.93. The van der Waals surface area contributed by atoms with Crippen LogP contribution in [0.2, 0.25) is 5.02 Å². The highest BCUT2D eigenvalue weighted by Gasteiger charge is 2.32. The van der Waals surface area contributed by atoms with Gasteiger partial charge in [0.1, 0.15) is 6.04 Å². The summed E-state index contributed by atoms with van der Waals surface area (Å²) in [7, 11) is 0. The molecule has 0 radical (unpaired) electrons. The smallest absolute Gasteiger partial charge is 0.325 e. The van der Waals surface area contributed by atoms with Crippen molar-refractivity contribution in [2.24, 2.45) is 0 Å². The van der Waals surface area contributed by atoms with Crippen LogP contribution in [0.25, 0.3) is 10.9 Å². The molecule has 0 bridgehead atoms. The predicted molar refractivity (Wildman–Crippen MR) is 105 cm³/mol. The summed E-state index contributed by atoms with van der Waals surface area (Å²) in [4.78, 5) is 23.8. The Morgan fingerprint density at radius 3 is 2.78 bits per heavy atom. The lowest BCUT2D eigenvalue weighted by Gasteiger charge is -2.37. The normalized spacial score (nSPS) is 17.2. The third-order valence-corrected chi connectivity index (χ3v) is 5.34. The number of nitrogens with zero attached hydrogens (tertiary/aromatic N) is 3. The summed E-state index contributed by atoms with van der Waals surface area (Å²) in [6, 6.07) is 8.83. The van der Waals surface area contributed by atoms with Crippen LogP contribution >= 0.6 is 11.6 Å². The van der Waals surface area contributed by atoms with Crippen LogP contribution < -0.4 is 0 Å². The molecule has 7 heteroatoms. The number of carboxylic acids is 1. The van der Waals surface area contributed by atoms with Gasteiger partial charge in [0, 0.05) is 72.8 Å². The number of carboxylic acid groups (broad SMARTS) is 1. The first-order valence-electron chi connectivity index (χ1n) is 8.96. The lowest BCUT2D eigenvalue weighted by atomic mass is 10.0. The van der Waals surface area contributed by atoms with E-state index >= 15 is 0 Å². The highest BCUT2D eigenvalue weighted by molar-refractivity contribution is 6.31. The van der Waals surface area contributed by atoms with Gasteiger partial charge in [-0.05, 0) is 29.8 Å². The standard InChI is InChI=1S/C20H21ClN4O2/c21-15-3-4-18-16(10-15)17(12-23-18)19(20(26)27)25-8-6-24(7-9-25)13-14-2-1-5-22-11-14/h1-5,10-12,19,23H,6-9,13H2,(H,26,27)/t19-/m1/s1. The summed E-state index contributed by atoms with van der Waals surface area (Å²) >= 11 is 6.13. The molecule has 1 aromatic carbocycles. The van der Waals surface area contributed by atoms with Crippen molar-refractivity contribution in [3.63, 3.8) is 0 Å². The van der Waals surface area contributed by atoms with Crippen molar-refractivity contribution < 1.29 is 9.90 Å². The monoisotopic (exact) mass is 384 g/mol. The molecule has 27 heavy (non-hydrogen) atoms. The van der Waals surface area contributed by atoms with E-state index in [1.165, 1.54) is 5.56 Å². The zero-order valence-corrected chi connectivity index (χ0v) is 15.6. The topological polar surface area (TPSA) is 72.5 Å². The Morgan fingerprint density at radius 1 is 1.26 bits per heavy atom. The van der Waals surface area contributed by atoms with Gasteiger partial charge in [-0.1, -0.05) is 17.7 Å². The first-order chi connectivity index (χ1) is 13.1. The van der Waals surface area contributed by atoms with Crippen molar-refractivity contribution in [2.75, 3.05) is 26.2 Å². The average Bonchev–Trinajstić information content (AvgIpc) is 3.07. The van der Waals surface area contributed by atoms with Crippen molar-refractivity contribution in [3.05, 3.63) is 65.1 Å². The van der Waals surface area contributed by atoms with Gasteiger partial charge < -0.3 is 10.1 Å². The zero-order valence-electron chi connectivity index (χ0n) is 14.8. The van der Waals surface area contributed by atoms with Crippen molar-refractivity contribution in [1.82, 2.24) is 19.8 Å². The molecule has 3 aromatic rings. The van der Waals surface area contributed by atoms with Crippen LogP contribution in [0.3, 0.4) is 0 Å². The largest absolute Gasteiger partial charge is 0.480 e. The van der Waals surface area contributed by atoms with E-state index in [-0.39, 0.29) is 0 Å². The molecule has 0 unspecified atom stereocenters. The van der Waals surface area contributed by atoms with E-state index in [0.29, 0.717) is 18.1 Å². The van der Waals surface area contributed by atoms with E-state index in [1.54, 1.807) is 18.5 Å². The van der Waals surface area contributed by atoms with Crippen LogP contribution in [0, 0.1) is 0 Å². The molecule has 0 aliphatic carbocycles. The fraction of sp³-hybridized carbons (Fsp3) is 0.300. The number of piperazine rings is 1. The van der Waals surface area contributed by atoms with E-state index in [1.807, 2.05) is 29.3 Å². The summed E-state index contributed by atoms with van der Waals surface area (Å²) in [5, 5.41) is 11.4. The molecule has 0 amide bonds. The lowest BCUT2D eigenvalue weighted by molar-refractivity contribution is -0.144. The molecular weight excluding hydrogens is 364 g/mol. The van der Waals surface area contributed by atoms with Crippen LogP contribution in [-0.4, -0.2) is 57.0 Å². The SMILES string of the molecule is O=C(O)[C@@H](c1c[nH]c2ccc(Cl)cc12)N1CCN(Cc2cccnc2)CC1. The maximum absolute atomic E-state index is 12.1. The Bertz CT molecular complexity index is 936. The van der Waals surface area contributed by atoms with Gasteiger partial charge in [0.25, 0.3) is 0 Å². The van der Waals surface area contributed by atoms with Gasteiger partial charge >= 0.3 is 5.97 Å². The first-order valence-corrected chi connectivity index (χ1v) is 9.34. The fourth-order valence-electron chi connectivity index (χ4n) is 3.76. The second kappa shape index (κ2) is 7.68. The minimum atomic E-state index is -0.836. The van der Waals surface area contributed by atoms with E-state index in [0.717, 1.165) is 36.1 Å². The molecule has 2 N–H and O–H groups in total. The highest BCUT2D eigenvalue weighted by Crippen LogP contribution is 2.31. The maximum Gasteiger partial charge on any atom is 0.325 e. The number of fused-ring (bicyclic) bond motifs is 1. The molecule has 1 atom stereocenters. The van der Waals surface area contributed by atoms with Gasteiger partial charge in [-0.2, -0.15) is 0 Å². The molecule has 1 aliphatic heterocycles. The number of aliphatic carboxylic acids is 1. The summed E-state index contributed by atoms with van der Waals surface area (Å²) in [5.41, 5.74) is 2.84. The Labute approximate surface area is 162 Å². The minimum Gasteiger partial charge on any atom is -0.480 e. The molecule has 4 rings (SSSR count). The third kappa shape index (κ3) is 3.83. The van der Waals surface area contributed by atoms with Crippen LogP contribution in [-0.2, 0) is 11.3 Å². The van der Waals surface area contributed by atoms with Crippen molar-refractivity contribution in [2.45, 2.75) is 12.6 Å². The first kappa shape index (κ1) is 18.0. The number of nitrogens with one attached hydrogen (secondary N) is 1. The number of H-pyrrole nitrogens is 1. The van der Waals surface area contributed by atoms with Gasteiger partial charge in [-0.15, -0.1) is 0 Å². The second-order valence-corrected chi connectivity index (χ2v) is 7.28. The Hall–Kier alpha value is -2.41. The number of aromatic nitrogens is 2. The summed E-state index contributed by atoms with van der Waals surface area (Å²) in [6.45, 7) is 3.88. The molecule has 1 fully saturated rings. The van der Waals surface area contributed by atoms with Crippen LogP contribution in [0.4, 0.5) is 0 Å². The quantitative estimate of drug-likeness (QED) is 0.707. The summed E-state index contributed by atoms with van der Waals surface area (Å²) in [5.74, 6) is -0.836.